The highest BCUT2D eigenvalue weighted by molar-refractivity contribution is 5.98. The molecule has 0 saturated carbocycles. The molecule has 0 spiro atoms. The number of amides is 2. The Labute approximate surface area is 175 Å². The van der Waals surface area contributed by atoms with Crippen LogP contribution in [0.1, 0.15) is 23.8 Å². The van der Waals surface area contributed by atoms with Crippen LogP contribution >= 0.6 is 0 Å². The monoisotopic (exact) mass is 413 g/mol. The summed E-state index contributed by atoms with van der Waals surface area (Å²) in [4.78, 5) is 40.2. The minimum atomic E-state index is -0.419. The third-order valence-corrected chi connectivity index (χ3v) is 4.78. The molecule has 30 heavy (non-hydrogen) atoms. The number of likely N-dealkylation sites (N-methyl/N-ethyl adjacent to an activating group) is 1. The predicted octanol–water partition coefficient (Wildman–Crippen LogP) is 1.20. The van der Waals surface area contributed by atoms with Crippen LogP contribution in [-0.2, 0) is 16.1 Å². The van der Waals surface area contributed by atoms with Crippen LogP contribution in [0.2, 0.25) is 0 Å². The number of carbonyl (C=O) groups excluding carboxylic acids is 2. The maximum atomic E-state index is 12.6. The van der Waals surface area contributed by atoms with E-state index in [2.05, 4.69) is 15.3 Å². The van der Waals surface area contributed by atoms with E-state index >= 15 is 0 Å². The molecule has 0 unspecified atom stereocenters. The number of aryl methyl sites for hydroxylation is 1. The zero-order valence-corrected chi connectivity index (χ0v) is 17.3. The van der Waals surface area contributed by atoms with Crippen LogP contribution < -0.4 is 15.8 Å². The summed E-state index contributed by atoms with van der Waals surface area (Å²) in [7, 11) is 1.53. The van der Waals surface area contributed by atoms with Gasteiger partial charge in [0, 0.05) is 44.1 Å². The Morgan fingerprint density at radius 3 is 2.50 bits per heavy atom. The average Bonchev–Trinajstić information content (AvgIpc) is 2.76. The first-order valence-corrected chi connectivity index (χ1v) is 10.0. The molecule has 2 aromatic rings. The Hall–Kier alpha value is -3.20. The molecule has 3 rings (SSSR count). The van der Waals surface area contributed by atoms with Gasteiger partial charge in [0.1, 0.15) is 5.69 Å². The molecule has 0 atom stereocenters. The lowest BCUT2D eigenvalue weighted by atomic mass is 10.2. The highest BCUT2D eigenvalue weighted by Crippen LogP contribution is 2.19. The van der Waals surface area contributed by atoms with Crippen molar-refractivity contribution < 1.29 is 14.3 Å². The maximum Gasteiger partial charge on any atom is 0.274 e. The molecule has 1 N–H and O–H groups in total. The number of benzene rings is 1. The zero-order chi connectivity index (χ0) is 21.5. The molecule has 1 aromatic carbocycles. The molecule has 1 saturated heterocycles. The smallest absolute Gasteiger partial charge is 0.274 e. The molecule has 1 aromatic heterocycles. The third kappa shape index (κ3) is 5.44. The van der Waals surface area contributed by atoms with Crippen molar-refractivity contribution in [2.75, 3.05) is 50.1 Å². The number of rotatable bonds is 7. The lowest BCUT2D eigenvalue weighted by Crippen LogP contribution is -2.37. The second-order valence-electron chi connectivity index (χ2n) is 7.14. The quantitative estimate of drug-likeness (QED) is 0.733. The van der Waals surface area contributed by atoms with Crippen LogP contribution in [0.4, 0.5) is 11.4 Å². The largest absolute Gasteiger partial charge is 0.378 e. The molecule has 1 fully saturated rings. The standard InChI is InChI=1S/C21H27N5O4/c1-3-10-26-20(28)9-8-18(23-26)21(29)24(2)15-19(27)22-16-4-6-17(7-5-16)25-11-13-30-14-12-25/h4-9H,3,10-15H2,1-2H3,(H,22,27). The van der Waals surface area contributed by atoms with Crippen molar-refractivity contribution in [2.45, 2.75) is 19.9 Å². The molecule has 1 aliphatic heterocycles. The normalized spacial score (nSPS) is 13.7. The fourth-order valence-electron chi connectivity index (χ4n) is 3.20. The van der Waals surface area contributed by atoms with Crippen molar-refractivity contribution in [3.05, 3.63) is 52.4 Å². The van der Waals surface area contributed by atoms with Gasteiger partial charge < -0.3 is 19.9 Å². The lowest BCUT2D eigenvalue weighted by molar-refractivity contribution is -0.116. The number of nitrogens with one attached hydrogen (secondary N) is 1. The SMILES string of the molecule is CCCn1nc(C(=O)N(C)CC(=O)Nc2ccc(N3CCOCC3)cc2)ccc1=O. The van der Waals surface area contributed by atoms with Gasteiger partial charge in [-0.2, -0.15) is 5.10 Å². The van der Waals surface area contributed by atoms with Crippen LogP contribution in [0, 0.1) is 0 Å². The molecule has 160 valence electrons. The van der Waals surface area contributed by atoms with Crippen molar-refractivity contribution in [3.8, 4) is 0 Å². The summed E-state index contributed by atoms with van der Waals surface area (Å²) in [6, 6.07) is 10.3. The van der Waals surface area contributed by atoms with E-state index in [0.29, 0.717) is 25.4 Å². The molecule has 0 bridgehead atoms. The molecular weight excluding hydrogens is 386 g/mol. The number of ether oxygens (including phenoxy) is 1. The van der Waals surface area contributed by atoms with Gasteiger partial charge in [0.05, 0.1) is 19.8 Å². The first kappa shape index (κ1) is 21.5. The Bertz CT molecular complexity index is 935. The van der Waals surface area contributed by atoms with E-state index in [1.165, 1.54) is 28.8 Å². The topological polar surface area (TPSA) is 96.8 Å². The van der Waals surface area contributed by atoms with E-state index in [9.17, 15) is 14.4 Å². The summed E-state index contributed by atoms with van der Waals surface area (Å²) < 4.78 is 6.62. The van der Waals surface area contributed by atoms with Gasteiger partial charge in [-0.3, -0.25) is 14.4 Å². The van der Waals surface area contributed by atoms with Gasteiger partial charge in [0.15, 0.2) is 0 Å². The van der Waals surface area contributed by atoms with Gasteiger partial charge in [-0.15, -0.1) is 0 Å². The summed E-state index contributed by atoms with van der Waals surface area (Å²) >= 11 is 0. The van der Waals surface area contributed by atoms with Crippen LogP contribution in [-0.4, -0.2) is 66.4 Å². The van der Waals surface area contributed by atoms with Crippen molar-refractivity contribution in [2.24, 2.45) is 0 Å². The molecule has 0 aliphatic carbocycles. The first-order valence-electron chi connectivity index (χ1n) is 10.0. The highest BCUT2D eigenvalue weighted by Gasteiger charge is 2.18. The number of hydrogen-bond acceptors (Lipinski definition) is 6. The summed E-state index contributed by atoms with van der Waals surface area (Å²) in [5, 5.41) is 6.89. The van der Waals surface area contributed by atoms with E-state index in [1.807, 2.05) is 31.2 Å². The van der Waals surface area contributed by atoms with E-state index in [-0.39, 0.29) is 23.7 Å². The van der Waals surface area contributed by atoms with Crippen molar-refractivity contribution >= 4 is 23.2 Å². The van der Waals surface area contributed by atoms with Crippen LogP contribution in [0.5, 0.6) is 0 Å². The first-order chi connectivity index (χ1) is 14.5. The minimum absolute atomic E-state index is 0.126. The van der Waals surface area contributed by atoms with Crippen molar-refractivity contribution in [1.82, 2.24) is 14.7 Å². The van der Waals surface area contributed by atoms with Gasteiger partial charge >= 0.3 is 0 Å². The molecule has 9 nitrogen and oxygen atoms in total. The third-order valence-electron chi connectivity index (χ3n) is 4.78. The second kappa shape index (κ2) is 10.0. The summed E-state index contributed by atoms with van der Waals surface area (Å²) in [5.74, 6) is -0.732. The second-order valence-corrected chi connectivity index (χ2v) is 7.14. The van der Waals surface area contributed by atoms with E-state index in [4.69, 9.17) is 4.74 Å². The summed E-state index contributed by atoms with van der Waals surface area (Å²) in [6.07, 6.45) is 0.729. The maximum absolute atomic E-state index is 12.6. The number of nitrogens with zero attached hydrogens (tertiary/aromatic N) is 4. The number of morpholine rings is 1. The molecule has 2 heterocycles. The molecular formula is C21H27N5O4. The van der Waals surface area contributed by atoms with Crippen LogP contribution in [0.15, 0.2) is 41.2 Å². The van der Waals surface area contributed by atoms with E-state index in [1.54, 1.807) is 0 Å². The molecule has 2 amide bonds. The Kier molecular flexibility index (Phi) is 7.18. The molecule has 0 radical (unpaired) electrons. The van der Waals surface area contributed by atoms with E-state index < -0.39 is 5.91 Å². The van der Waals surface area contributed by atoms with Crippen LogP contribution in [0.3, 0.4) is 0 Å². The molecule has 9 heteroatoms. The van der Waals surface area contributed by atoms with Gasteiger partial charge in [-0.1, -0.05) is 6.92 Å². The Balaban J connectivity index is 1.57. The Morgan fingerprint density at radius 1 is 1.13 bits per heavy atom. The minimum Gasteiger partial charge on any atom is -0.378 e. The predicted molar refractivity (Wildman–Crippen MR) is 114 cm³/mol. The van der Waals surface area contributed by atoms with E-state index in [0.717, 1.165) is 25.2 Å². The summed E-state index contributed by atoms with van der Waals surface area (Å²) in [5.41, 5.74) is 1.62. The van der Waals surface area contributed by atoms with Crippen molar-refractivity contribution in [3.63, 3.8) is 0 Å². The van der Waals surface area contributed by atoms with Crippen molar-refractivity contribution in [1.29, 1.82) is 0 Å². The van der Waals surface area contributed by atoms with Gasteiger partial charge in [0.2, 0.25) is 5.91 Å². The fourth-order valence-corrected chi connectivity index (χ4v) is 3.20. The number of aromatic nitrogens is 2. The number of hydrogen-bond donors (Lipinski definition) is 1. The van der Waals surface area contributed by atoms with Gasteiger partial charge in [-0.25, -0.2) is 4.68 Å². The summed E-state index contributed by atoms with van der Waals surface area (Å²) in [6.45, 7) is 5.35. The highest BCUT2D eigenvalue weighted by atomic mass is 16.5. The van der Waals surface area contributed by atoms with Crippen LogP contribution in [0.25, 0.3) is 0 Å². The number of carbonyl (C=O) groups is 2. The fraction of sp³-hybridized carbons (Fsp3) is 0.429. The Morgan fingerprint density at radius 2 is 1.83 bits per heavy atom. The zero-order valence-electron chi connectivity index (χ0n) is 17.3. The van der Waals surface area contributed by atoms with Gasteiger partial charge in [0.25, 0.3) is 11.5 Å². The van der Waals surface area contributed by atoms with Gasteiger partial charge in [-0.05, 0) is 36.8 Å². The number of anilines is 2. The molecule has 1 aliphatic rings. The lowest BCUT2D eigenvalue weighted by Gasteiger charge is -2.28. The average molecular weight is 413 g/mol.